The zero-order chi connectivity index (χ0) is 17.7. The van der Waals surface area contributed by atoms with Gasteiger partial charge in [-0.25, -0.2) is 0 Å². The molecule has 0 aromatic heterocycles. The third-order valence-electron chi connectivity index (χ3n) is 3.44. The Morgan fingerprint density at radius 3 is 2.46 bits per heavy atom. The van der Waals surface area contributed by atoms with Gasteiger partial charge >= 0.3 is 0 Å². The number of phenols is 1. The molecule has 0 aliphatic carbocycles. The van der Waals surface area contributed by atoms with E-state index in [2.05, 4.69) is 10.6 Å². The van der Waals surface area contributed by atoms with Gasteiger partial charge in [-0.15, -0.1) is 0 Å². The van der Waals surface area contributed by atoms with Gasteiger partial charge in [0.05, 0.1) is 5.69 Å². The molecule has 0 heterocycles. The highest BCUT2D eigenvalue weighted by Crippen LogP contribution is 2.24. The highest BCUT2D eigenvalue weighted by Gasteiger charge is 2.14. The van der Waals surface area contributed by atoms with Gasteiger partial charge in [0.2, 0.25) is 5.91 Å². The Hall–Kier alpha value is -3.08. The van der Waals surface area contributed by atoms with Crippen LogP contribution in [0.3, 0.4) is 0 Å². The quantitative estimate of drug-likeness (QED) is 0.597. The van der Waals surface area contributed by atoms with Gasteiger partial charge in [-0.3, -0.25) is 9.59 Å². The summed E-state index contributed by atoms with van der Waals surface area (Å²) in [5.41, 5.74) is 3.10. The largest absolute Gasteiger partial charge is 0.506 e. The highest BCUT2D eigenvalue weighted by atomic mass is 16.3. The van der Waals surface area contributed by atoms with Crippen LogP contribution in [0.1, 0.15) is 23.6 Å². The van der Waals surface area contributed by atoms with Crippen molar-refractivity contribution in [3.05, 3.63) is 64.9 Å². The van der Waals surface area contributed by atoms with E-state index in [0.29, 0.717) is 5.69 Å². The summed E-state index contributed by atoms with van der Waals surface area (Å²) < 4.78 is 0. The second-order valence-corrected chi connectivity index (χ2v) is 5.57. The standard InChI is InChI=1S/C19H20N2O3/c1-12-8-9-18(23)16(10-12)21-19(24)17(20-14(3)22)11-15-7-5-4-6-13(15)2/h4-11,23H,1-3H3,(H,20,22)(H,21,24). The summed E-state index contributed by atoms with van der Waals surface area (Å²) >= 11 is 0. The SMILES string of the molecule is CC(=O)NC(=Cc1ccccc1C)C(=O)Nc1cc(C)ccc1O. The molecule has 0 unspecified atom stereocenters. The van der Waals surface area contributed by atoms with Gasteiger partial charge in [-0.1, -0.05) is 30.3 Å². The van der Waals surface area contributed by atoms with Crippen LogP contribution in [0.2, 0.25) is 0 Å². The topological polar surface area (TPSA) is 78.4 Å². The van der Waals surface area contributed by atoms with Crippen LogP contribution in [-0.4, -0.2) is 16.9 Å². The van der Waals surface area contributed by atoms with Crippen molar-refractivity contribution < 1.29 is 14.7 Å². The molecule has 5 nitrogen and oxygen atoms in total. The molecule has 0 spiro atoms. The van der Waals surface area contributed by atoms with Crippen molar-refractivity contribution in [2.24, 2.45) is 0 Å². The molecular weight excluding hydrogens is 304 g/mol. The van der Waals surface area contributed by atoms with Crippen molar-refractivity contribution in [2.75, 3.05) is 5.32 Å². The Bertz CT molecular complexity index is 810. The van der Waals surface area contributed by atoms with Gasteiger partial charge in [-0.2, -0.15) is 0 Å². The molecule has 2 amide bonds. The molecule has 2 aromatic rings. The minimum Gasteiger partial charge on any atom is -0.506 e. The smallest absolute Gasteiger partial charge is 0.272 e. The summed E-state index contributed by atoms with van der Waals surface area (Å²) in [7, 11) is 0. The van der Waals surface area contributed by atoms with Crippen LogP contribution in [0.25, 0.3) is 6.08 Å². The van der Waals surface area contributed by atoms with E-state index in [0.717, 1.165) is 16.7 Å². The predicted octanol–water partition coefficient (Wildman–Crippen LogP) is 3.12. The van der Waals surface area contributed by atoms with Crippen molar-refractivity contribution >= 4 is 23.6 Å². The monoisotopic (exact) mass is 324 g/mol. The Labute approximate surface area is 141 Å². The first-order valence-corrected chi connectivity index (χ1v) is 7.52. The maximum atomic E-state index is 12.5. The van der Waals surface area contributed by atoms with Crippen LogP contribution in [0.5, 0.6) is 5.75 Å². The van der Waals surface area contributed by atoms with E-state index < -0.39 is 5.91 Å². The minimum absolute atomic E-state index is 0.0352. The zero-order valence-electron chi connectivity index (χ0n) is 13.9. The summed E-state index contributed by atoms with van der Waals surface area (Å²) in [5.74, 6) is -0.889. The molecule has 24 heavy (non-hydrogen) atoms. The summed E-state index contributed by atoms with van der Waals surface area (Å²) in [5, 5.41) is 15.0. The average molecular weight is 324 g/mol. The van der Waals surface area contributed by atoms with Crippen molar-refractivity contribution in [2.45, 2.75) is 20.8 Å². The molecule has 0 aliphatic heterocycles. The molecule has 2 aromatic carbocycles. The lowest BCUT2D eigenvalue weighted by molar-refractivity contribution is -0.120. The van der Waals surface area contributed by atoms with E-state index in [1.165, 1.54) is 13.0 Å². The number of nitrogens with one attached hydrogen (secondary N) is 2. The van der Waals surface area contributed by atoms with Crippen molar-refractivity contribution in [1.29, 1.82) is 0 Å². The molecule has 124 valence electrons. The van der Waals surface area contributed by atoms with E-state index in [1.807, 2.05) is 38.1 Å². The van der Waals surface area contributed by atoms with Crippen molar-refractivity contribution in [1.82, 2.24) is 5.32 Å². The fourth-order valence-electron chi connectivity index (χ4n) is 2.19. The van der Waals surface area contributed by atoms with Gasteiger partial charge in [0, 0.05) is 6.92 Å². The van der Waals surface area contributed by atoms with Gasteiger partial charge in [0.25, 0.3) is 5.91 Å². The lowest BCUT2D eigenvalue weighted by Gasteiger charge is -2.12. The maximum Gasteiger partial charge on any atom is 0.272 e. The fourth-order valence-corrected chi connectivity index (χ4v) is 2.19. The van der Waals surface area contributed by atoms with E-state index in [1.54, 1.807) is 18.2 Å². The molecule has 0 saturated heterocycles. The molecule has 0 aliphatic rings. The number of carbonyl (C=O) groups excluding carboxylic acids is 2. The Morgan fingerprint density at radius 2 is 1.79 bits per heavy atom. The second-order valence-electron chi connectivity index (χ2n) is 5.57. The molecular formula is C19H20N2O3. The summed E-state index contributed by atoms with van der Waals surface area (Å²) in [6.45, 7) is 5.11. The predicted molar refractivity (Wildman–Crippen MR) is 94.4 cm³/mol. The number of benzene rings is 2. The molecule has 0 atom stereocenters. The third kappa shape index (κ3) is 4.46. The van der Waals surface area contributed by atoms with Crippen molar-refractivity contribution in [3.8, 4) is 5.75 Å². The van der Waals surface area contributed by atoms with E-state index >= 15 is 0 Å². The average Bonchev–Trinajstić information content (AvgIpc) is 2.52. The first-order chi connectivity index (χ1) is 11.4. The van der Waals surface area contributed by atoms with E-state index in [9.17, 15) is 14.7 Å². The zero-order valence-corrected chi connectivity index (χ0v) is 13.9. The van der Waals surface area contributed by atoms with Crippen LogP contribution in [0, 0.1) is 13.8 Å². The summed E-state index contributed by atoms with van der Waals surface area (Å²) in [4.78, 5) is 23.9. The number of hydrogen-bond acceptors (Lipinski definition) is 3. The van der Waals surface area contributed by atoms with Crippen LogP contribution in [0.15, 0.2) is 48.2 Å². The number of amides is 2. The Kier molecular flexibility index (Phi) is 5.37. The van der Waals surface area contributed by atoms with E-state index in [-0.39, 0.29) is 17.4 Å². The molecule has 0 fully saturated rings. The Balaban J connectivity index is 2.34. The molecule has 0 bridgehead atoms. The molecule has 3 N–H and O–H groups in total. The van der Waals surface area contributed by atoms with Gasteiger partial charge in [0.15, 0.2) is 0 Å². The van der Waals surface area contributed by atoms with Gasteiger partial charge in [-0.05, 0) is 48.7 Å². The normalized spacial score (nSPS) is 11.0. The van der Waals surface area contributed by atoms with E-state index in [4.69, 9.17) is 0 Å². The van der Waals surface area contributed by atoms with Gasteiger partial charge < -0.3 is 15.7 Å². The number of hydrogen-bond donors (Lipinski definition) is 3. The van der Waals surface area contributed by atoms with Gasteiger partial charge in [0.1, 0.15) is 11.4 Å². The highest BCUT2D eigenvalue weighted by molar-refractivity contribution is 6.09. The number of aryl methyl sites for hydroxylation is 2. The van der Waals surface area contributed by atoms with Crippen LogP contribution in [0.4, 0.5) is 5.69 Å². The Morgan fingerprint density at radius 1 is 1.08 bits per heavy atom. The molecule has 5 heteroatoms. The first-order valence-electron chi connectivity index (χ1n) is 7.52. The van der Waals surface area contributed by atoms with Crippen LogP contribution in [-0.2, 0) is 9.59 Å². The minimum atomic E-state index is -0.505. The third-order valence-corrected chi connectivity index (χ3v) is 3.44. The second kappa shape index (κ2) is 7.46. The lowest BCUT2D eigenvalue weighted by Crippen LogP contribution is -2.29. The molecule has 0 radical (unpaired) electrons. The van der Waals surface area contributed by atoms with Crippen molar-refractivity contribution in [3.63, 3.8) is 0 Å². The molecule has 0 saturated carbocycles. The summed E-state index contributed by atoms with van der Waals surface area (Å²) in [6.07, 6.45) is 1.61. The number of phenolic OH excluding ortho intramolecular Hbond substituents is 1. The number of anilines is 1. The number of aromatic hydroxyl groups is 1. The van der Waals surface area contributed by atoms with Crippen LogP contribution < -0.4 is 10.6 Å². The number of rotatable bonds is 4. The molecule has 2 rings (SSSR count). The number of carbonyl (C=O) groups is 2. The van der Waals surface area contributed by atoms with Crippen LogP contribution >= 0.6 is 0 Å². The first kappa shape index (κ1) is 17.3. The summed E-state index contributed by atoms with van der Waals surface area (Å²) in [6, 6.07) is 12.4. The lowest BCUT2D eigenvalue weighted by atomic mass is 10.1. The fraction of sp³-hybridized carbons (Fsp3) is 0.158. The maximum absolute atomic E-state index is 12.5.